The first-order chi connectivity index (χ1) is 23.0. The first kappa shape index (κ1) is 34.1. The summed E-state index contributed by atoms with van der Waals surface area (Å²) in [6, 6.07) is 30.1. The van der Waals surface area contributed by atoms with E-state index in [2.05, 4.69) is 133 Å². The van der Waals surface area contributed by atoms with Crippen LogP contribution in [0, 0.1) is 12.3 Å². The SMILES string of the molecule is C=C(Cc1ccc(SC/C(=C(/C)C(=C)C)C2(C)CC2)cc1)Cc1ccc2c(c1)Cc1cc(=C)ccc1=C2c1ccc(CCCC)cc1C. The van der Waals surface area contributed by atoms with Gasteiger partial charge in [-0.15, -0.1) is 11.8 Å². The molecule has 0 heterocycles. The summed E-state index contributed by atoms with van der Waals surface area (Å²) in [4.78, 5) is 1.33. The van der Waals surface area contributed by atoms with Crippen molar-refractivity contribution in [2.75, 3.05) is 5.75 Å². The van der Waals surface area contributed by atoms with Crippen LogP contribution in [0.25, 0.3) is 12.2 Å². The largest absolute Gasteiger partial charge is 0.122 e. The molecule has 0 bridgehead atoms. The fourth-order valence-electron chi connectivity index (χ4n) is 7.35. The molecule has 0 aromatic heterocycles. The van der Waals surface area contributed by atoms with E-state index in [4.69, 9.17) is 0 Å². The molecule has 0 saturated heterocycles. The summed E-state index contributed by atoms with van der Waals surface area (Å²) in [6.45, 7) is 24.4. The van der Waals surface area contributed by atoms with Crippen LogP contribution in [-0.4, -0.2) is 5.75 Å². The van der Waals surface area contributed by atoms with Gasteiger partial charge in [0.2, 0.25) is 0 Å². The van der Waals surface area contributed by atoms with Gasteiger partial charge < -0.3 is 0 Å². The van der Waals surface area contributed by atoms with Crippen molar-refractivity contribution in [1.29, 1.82) is 0 Å². The van der Waals surface area contributed by atoms with E-state index in [1.165, 1.54) is 103 Å². The van der Waals surface area contributed by atoms with Crippen molar-refractivity contribution >= 4 is 23.9 Å². The average Bonchev–Trinajstić information content (AvgIpc) is 3.81. The Labute approximate surface area is 294 Å². The minimum Gasteiger partial charge on any atom is -0.122 e. The molecule has 2 aliphatic carbocycles. The first-order valence-corrected chi connectivity index (χ1v) is 18.8. The lowest BCUT2D eigenvalue weighted by atomic mass is 9.81. The number of fused-ring (bicyclic) bond motifs is 2. The topological polar surface area (TPSA) is 0 Å². The van der Waals surface area contributed by atoms with E-state index in [9.17, 15) is 0 Å². The highest BCUT2D eigenvalue weighted by molar-refractivity contribution is 7.99. The Hall–Kier alpha value is -3.81. The number of thioether (sulfide) groups is 1. The molecular weight excluding hydrogens is 597 g/mol. The zero-order valence-corrected chi connectivity index (χ0v) is 30.7. The minimum atomic E-state index is 0.377. The Kier molecular flexibility index (Phi) is 10.2. The molecule has 1 heteroatoms. The average molecular weight is 649 g/mol. The zero-order chi connectivity index (χ0) is 34.0. The van der Waals surface area contributed by atoms with Gasteiger partial charge in [0.1, 0.15) is 0 Å². The first-order valence-electron chi connectivity index (χ1n) is 17.8. The van der Waals surface area contributed by atoms with E-state index in [0.717, 1.165) is 36.7 Å². The van der Waals surface area contributed by atoms with Crippen LogP contribution in [0.15, 0.2) is 119 Å². The summed E-state index contributed by atoms with van der Waals surface area (Å²) in [5, 5.41) is 2.42. The molecule has 246 valence electrons. The number of rotatable bonds is 13. The summed E-state index contributed by atoms with van der Waals surface area (Å²) in [5.74, 6) is 1.04. The molecule has 0 spiro atoms. The van der Waals surface area contributed by atoms with Crippen molar-refractivity contribution in [2.45, 2.75) is 90.9 Å². The lowest BCUT2D eigenvalue weighted by Crippen LogP contribution is -2.24. The van der Waals surface area contributed by atoms with E-state index >= 15 is 0 Å². The molecule has 0 N–H and O–H groups in total. The Balaban J connectivity index is 1.17. The molecule has 0 amide bonds. The van der Waals surface area contributed by atoms with E-state index in [1.807, 2.05) is 11.8 Å². The highest BCUT2D eigenvalue weighted by Gasteiger charge is 2.41. The zero-order valence-electron chi connectivity index (χ0n) is 29.9. The van der Waals surface area contributed by atoms with Crippen molar-refractivity contribution in [3.63, 3.8) is 0 Å². The number of aryl methyl sites for hydroxylation is 2. The lowest BCUT2D eigenvalue weighted by Gasteiger charge is -2.23. The Morgan fingerprint density at radius 3 is 2.17 bits per heavy atom. The molecule has 4 aromatic carbocycles. The number of allylic oxidation sites excluding steroid dienone is 3. The van der Waals surface area contributed by atoms with Gasteiger partial charge in [0.25, 0.3) is 0 Å². The smallest absolute Gasteiger partial charge is 0.0202 e. The summed E-state index contributed by atoms with van der Waals surface area (Å²) >= 11 is 1.96. The van der Waals surface area contributed by atoms with Crippen LogP contribution in [0.1, 0.15) is 97.9 Å². The van der Waals surface area contributed by atoms with Gasteiger partial charge in [0.05, 0.1) is 0 Å². The number of benzene rings is 4. The molecule has 0 aliphatic heterocycles. The van der Waals surface area contributed by atoms with Gasteiger partial charge >= 0.3 is 0 Å². The molecule has 4 aromatic rings. The molecule has 0 unspecified atom stereocenters. The second-order valence-corrected chi connectivity index (χ2v) is 15.8. The van der Waals surface area contributed by atoms with Gasteiger partial charge in [-0.2, -0.15) is 0 Å². The fourth-order valence-corrected chi connectivity index (χ4v) is 8.55. The van der Waals surface area contributed by atoms with Gasteiger partial charge in [0.15, 0.2) is 0 Å². The maximum Gasteiger partial charge on any atom is 0.0202 e. The third-order valence-corrected chi connectivity index (χ3v) is 11.7. The molecule has 6 rings (SSSR count). The number of hydrogen-bond donors (Lipinski definition) is 0. The van der Waals surface area contributed by atoms with Crippen LogP contribution in [-0.2, 0) is 25.7 Å². The standard InChI is InChI=1S/C47H52S/c1-9-10-11-36-15-20-42(34(6)27-36)46-43-19-12-32(4)26-39(43)29-40-28-38(16-21-44(40)46)25-33(5)24-37-13-17-41(18-14-37)48-30-45(35(7)31(2)3)47(8)22-23-47/h12-21,26-28H,2,4-5,9-11,22-25,29-30H2,1,3,6-8H3/b45-35+. The van der Waals surface area contributed by atoms with Gasteiger partial charge in [-0.05, 0) is 149 Å². The van der Waals surface area contributed by atoms with Gasteiger partial charge in [-0.25, -0.2) is 0 Å². The third-order valence-electron chi connectivity index (χ3n) is 10.7. The molecule has 1 saturated carbocycles. The van der Waals surface area contributed by atoms with Crippen molar-refractivity contribution in [1.82, 2.24) is 0 Å². The van der Waals surface area contributed by atoms with Crippen LogP contribution in [0.5, 0.6) is 0 Å². The second kappa shape index (κ2) is 14.4. The third kappa shape index (κ3) is 7.58. The molecule has 48 heavy (non-hydrogen) atoms. The van der Waals surface area contributed by atoms with E-state index in [0.29, 0.717) is 5.41 Å². The highest BCUT2D eigenvalue weighted by Crippen LogP contribution is 2.54. The second-order valence-electron chi connectivity index (χ2n) is 14.8. The maximum atomic E-state index is 4.53. The van der Waals surface area contributed by atoms with Crippen molar-refractivity contribution in [3.8, 4) is 0 Å². The maximum absolute atomic E-state index is 4.53. The summed E-state index contributed by atoms with van der Waals surface area (Å²) in [5.41, 5.74) is 18.1. The Morgan fingerprint density at radius 2 is 1.48 bits per heavy atom. The van der Waals surface area contributed by atoms with E-state index in [1.54, 1.807) is 5.57 Å². The quantitative estimate of drug-likeness (QED) is 0.0695. The Morgan fingerprint density at radius 1 is 0.792 bits per heavy atom. The van der Waals surface area contributed by atoms with Crippen molar-refractivity contribution in [2.24, 2.45) is 5.41 Å². The van der Waals surface area contributed by atoms with Crippen LogP contribution < -0.4 is 10.4 Å². The molecular formula is C47H52S. The van der Waals surface area contributed by atoms with Gasteiger partial charge in [-0.1, -0.05) is 123 Å². The van der Waals surface area contributed by atoms with Gasteiger partial charge in [0, 0.05) is 10.6 Å². The number of unbranched alkanes of at least 4 members (excludes halogenated alkanes) is 1. The van der Waals surface area contributed by atoms with Crippen molar-refractivity contribution < 1.29 is 0 Å². The van der Waals surface area contributed by atoms with Crippen LogP contribution in [0.2, 0.25) is 0 Å². The molecule has 0 nitrogen and oxygen atoms in total. The predicted octanol–water partition coefficient (Wildman–Crippen LogP) is 11.0. The summed E-state index contributed by atoms with van der Waals surface area (Å²) < 4.78 is 0. The Bertz CT molecular complexity index is 2010. The van der Waals surface area contributed by atoms with Crippen LogP contribution in [0.3, 0.4) is 0 Å². The number of hydrogen-bond acceptors (Lipinski definition) is 1. The van der Waals surface area contributed by atoms with Gasteiger partial charge in [-0.3, -0.25) is 0 Å². The highest BCUT2D eigenvalue weighted by atomic mass is 32.2. The molecule has 0 radical (unpaired) electrons. The van der Waals surface area contributed by atoms with E-state index < -0.39 is 0 Å². The minimum absolute atomic E-state index is 0.377. The molecule has 1 fully saturated rings. The normalized spacial score (nSPS) is 15.0. The monoisotopic (exact) mass is 648 g/mol. The van der Waals surface area contributed by atoms with Crippen molar-refractivity contribution in [3.05, 3.63) is 169 Å². The summed E-state index contributed by atoms with van der Waals surface area (Å²) in [7, 11) is 0. The van der Waals surface area contributed by atoms with E-state index in [-0.39, 0.29) is 0 Å². The molecule has 2 aliphatic rings. The fraction of sp³-hybridized carbons (Fsp3) is 0.319. The summed E-state index contributed by atoms with van der Waals surface area (Å²) in [6.07, 6.45) is 8.93. The van der Waals surface area contributed by atoms with Crippen LogP contribution >= 0.6 is 11.8 Å². The van der Waals surface area contributed by atoms with Crippen LogP contribution in [0.4, 0.5) is 0 Å². The molecule has 0 atom stereocenters. The lowest BCUT2D eigenvalue weighted by molar-refractivity contribution is 0.683. The predicted molar refractivity (Wildman–Crippen MR) is 210 cm³/mol.